The molecule has 9 heteroatoms. The highest BCUT2D eigenvalue weighted by molar-refractivity contribution is 5.95. The molecular weight excluding hydrogens is 410 g/mol. The summed E-state index contributed by atoms with van der Waals surface area (Å²) in [6, 6.07) is 14.2. The van der Waals surface area contributed by atoms with Crippen molar-refractivity contribution in [3.05, 3.63) is 63.7 Å². The first-order valence-electron chi connectivity index (χ1n) is 10.6. The van der Waals surface area contributed by atoms with Crippen LogP contribution in [-0.4, -0.2) is 60.0 Å². The van der Waals surface area contributed by atoms with Gasteiger partial charge in [-0.15, -0.1) is 0 Å². The molecule has 4 rings (SSSR count). The van der Waals surface area contributed by atoms with Crippen molar-refractivity contribution in [3.63, 3.8) is 0 Å². The Bertz CT molecular complexity index is 1040. The highest BCUT2D eigenvalue weighted by atomic mass is 16.6. The summed E-state index contributed by atoms with van der Waals surface area (Å²) in [4.78, 5) is 27.8. The van der Waals surface area contributed by atoms with Crippen molar-refractivity contribution in [1.82, 2.24) is 9.80 Å². The summed E-state index contributed by atoms with van der Waals surface area (Å²) in [5.74, 6) is 0.497. The van der Waals surface area contributed by atoms with Crippen molar-refractivity contribution in [2.45, 2.75) is 24.9 Å². The number of piperazine rings is 1. The predicted octanol–water partition coefficient (Wildman–Crippen LogP) is 3.20. The molecule has 1 unspecified atom stereocenters. The predicted molar refractivity (Wildman–Crippen MR) is 119 cm³/mol. The smallest absolute Gasteiger partial charge is 0.293 e. The van der Waals surface area contributed by atoms with E-state index in [9.17, 15) is 20.2 Å². The van der Waals surface area contributed by atoms with Gasteiger partial charge in [-0.05, 0) is 42.7 Å². The van der Waals surface area contributed by atoms with Gasteiger partial charge in [0.2, 0.25) is 0 Å². The molecule has 1 aliphatic carbocycles. The number of hydrogen-bond acceptors (Lipinski definition) is 7. The van der Waals surface area contributed by atoms with Crippen LogP contribution in [0, 0.1) is 21.4 Å². The molecule has 1 N–H and O–H groups in total. The number of carbonyl (C=O) groups is 1. The highest BCUT2D eigenvalue weighted by Gasteiger charge is 2.29. The molecule has 0 bridgehead atoms. The Balaban J connectivity index is 1.42. The van der Waals surface area contributed by atoms with Crippen LogP contribution < -0.4 is 10.1 Å². The van der Waals surface area contributed by atoms with Gasteiger partial charge in [-0.2, -0.15) is 5.26 Å². The number of nitro groups is 1. The van der Waals surface area contributed by atoms with Crippen LogP contribution in [0.2, 0.25) is 0 Å². The lowest BCUT2D eigenvalue weighted by Crippen LogP contribution is -2.49. The Morgan fingerprint density at radius 2 is 1.88 bits per heavy atom. The van der Waals surface area contributed by atoms with Crippen LogP contribution in [0.5, 0.6) is 5.75 Å². The number of nitrogens with one attached hydrogen (secondary N) is 1. The number of nitro benzene ring substituents is 1. The summed E-state index contributed by atoms with van der Waals surface area (Å²) in [5, 5.41) is 24.4. The Labute approximate surface area is 186 Å². The van der Waals surface area contributed by atoms with Gasteiger partial charge in [-0.25, -0.2) is 0 Å². The maximum Gasteiger partial charge on any atom is 0.293 e. The molecule has 9 nitrogen and oxygen atoms in total. The van der Waals surface area contributed by atoms with Gasteiger partial charge < -0.3 is 15.0 Å². The lowest BCUT2D eigenvalue weighted by Gasteiger charge is -2.37. The van der Waals surface area contributed by atoms with E-state index in [0.717, 1.165) is 24.2 Å². The second kappa shape index (κ2) is 9.24. The Morgan fingerprint density at radius 1 is 1.19 bits per heavy atom. The lowest BCUT2D eigenvalue weighted by atomic mass is 10.0. The van der Waals surface area contributed by atoms with Gasteiger partial charge in [-0.3, -0.25) is 19.8 Å². The maximum atomic E-state index is 13.0. The van der Waals surface area contributed by atoms with Gasteiger partial charge in [-0.1, -0.05) is 12.1 Å². The number of hydrogen-bond donors (Lipinski definition) is 1. The van der Waals surface area contributed by atoms with E-state index in [1.165, 1.54) is 6.07 Å². The Morgan fingerprint density at radius 3 is 2.44 bits per heavy atom. The minimum absolute atomic E-state index is 0.0783. The molecular formula is C23H25N5O4. The molecule has 2 aliphatic rings. The zero-order valence-electron chi connectivity index (χ0n) is 17.9. The third kappa shape index (κ3) is 4.65. The molecule has 2 fully saturated rings. The third-order valence-corrected chi connectivity index (χ3v) is 5.90. The van der Waals surface area contributed by atoms with Gasteiger partial charge in [0.1, 0.15) is 17.5 Å². The number of nitriles is 1. The van der Waals surface area contributed by atoms with Crippen molar-refractivity contribution in [2.75, 3.05) is 38.6 Å². The molecule has 1 saturated heterocycles. The first-order valence-corrected chi connectivity index (χ1v) is 10.6. The summed E-state index contributed by atoms with van der Waals surface area (Å²) in [5.41, 5.74) is 1.56. The topological polar surface area (TPSA) is 112 Å². The molecule has 0 radical (unpaired) electrons. The minimum atomic E-state index is -0.453. The monoisotopic (exact) mass is 435 g/mol. The van der Waals surface area contributed by atoms with E-state index < -0.39 is 11.0 Å². The molecule has 32 heavy (non-hydrogen) atoms. The zero-order chi connectivity index (χ0) is 22.7. The quantitative estimate of drug-likeness (QED) is 0.525. The zero-order valence-corrected chi connectivity index (χ0v) is 17.9. The van der Waals surface area contributed by atoms with Crippen LogP contribution in [0.1, 0.15) is 34.8 Å². The van der Waals surface area contributed by atoms with E-state index in [0.29, 0.717) is 37.4 Å². The fraction of sp³-hybridized carbons (Fsp3) is 0.391. The Kier molecular flexibility index (Phi) is 6.23. The molecule has 2 aromatic carbocycles. The van der Waals surface area contributed by atoms with Crippen LogP contribution >= 0.6 is 0 Å². The molecule has 1 heterocycles. The molecule has 0 spiro atoms. The lowest BCUT2D eigenvalue weighted by molar-refractivity contribution is -0.384. The van der Waals surface area contributed by atoms with Crippen LogP contribution in [0.25, 0.3) is 0 Å². The first kappa shape index (κ1) is 21.6. The van der Waals surface area contributed by atoms with Gasteiger partial charge in [0.15, 0.2) is 0 Å². The number of nitrogens with zero attached hydrogens (tertiary/aromatic N) is 4. The van der Waals surface area contributed by atoms with Crippen LogP contribution in [0.4, 0.5) is 11.4 Å². The SMILES string of the molecule is COc1ccc(C(C#N)N2CCN(C(=O)c3ccc(NC4CC4)c([N+](=O)[O-])c3)CC2)cc1. The van der Waals surface area contributed by atoms with Crippen LogP contribution in [0.3, 0.4) is 0 Å². The number of anilines is 1. The van der Waals surface area contributed by atoms with E-state index in [1.807, 2.05) is 29.2 Å². The van der Waals surface area contributed by atoms with Crippen LogP contribution in [-0.2, 0) is 0 Å². The summed E-state index contributed by atoms with van der Waals surface area (Å²) < 4.78 is 5.18. The van der Waals surface area contributed by atoms with Crippen molar-refractivity contribution in [3.8, 4) is 11.8 Å². The molecule has 2 aromatic rings. The minimum Gasteiger partial charge on any atom is -0.497 e. The van der Waals surface area contributed by atoms with Crippen molar-refractivity contribution < 1.29 is 14.5 Å². The largest absolute Gasteiger partial charge is 0.497 e. The molecule has 1 saturated carbocycles. The molecule has 1 aliphatic heterocycles. The third-order valence-electron chi connectivity index (χ3n) is 5.90. The second-order valence-corrected chi connectivity index (χ2v) is 8.04. The van der Waals surface area contributed by atoms with E-state index in [4.69, 9.17) is 4.74 Å². The van der Waals surface area contributed by atoms with Crippen LogP contribution in [0.15, 0.2) is 42.5 Å². The normalized spacial score (nSPS) is 17.3. The highest BCUT2D eigenvalue weighted by Crippen LogP contribution is 2.32. The average molecular weight is 435 g/mol. The summed E-state index contributed by atoms with van der Waals surface area (Å²) >= 11 is 0. The van der Waals surface area contributed by atoms with Gasteiger partial charge in [0, 0.05) is 43.9 Å². The number of amides is 1. The number of ether oxygens (including phenoxy) is 1. The standard InChI is InChI=1S/C23H25N5O4/c1-32-19-7-2-16(3-8-19)22(15-24)26-10-12-27(13-11-26)23(29)17-4-9-20(25-18-5-6-18)21(14-17)28(30)31/h2-4,7-9,14,18,22,25H,5-6,10-13H2,1H3. The second-order valence-electron chi connectivity index (χ2n) is 8.04. The van der Waals surface area contributed by atoms with Crippen molar-refractivity contribution in [1.29, 1.82) is 5.26 Å². The van der Waals surface area contributed by atoms with Gasteiger partial charge in [0.05, 0.1) is 18.1 Å². The maximum absolute atomic E-state index is 13.0. The Hall–Kier alpha value is -3.64. The number of carbonyl (C=O) groups excluding carboxylic acids is 1. The molecule has 166 valence electrons. The summed E-state index contributed by atoms with van der Waals surface area (Å²) in [7, 11) is 1.60. The average Bonchev–Trinajstić information content (AvgIpc) is 3.64. The van der Waals surface area contributed by atoms with E-state index in [-0.39, 0.29) is 17.6 Å². The summed E-state index contributed by atoms with van der Waals surface area (Å²) in [6.45, 7) is 1.98. The number of methoxy groups -OCH3 is 1. The van der Waals surface area contributed by atoms with E-state index >= 15 is 0 Å². The molecule has 1 atom stereocenters. The fourth-order valence-corrected chi connectivity index (χ4v) is 3.90. The number of benzene rings is 2. The molecule has 1 amide bonds. The van der Waals surface area contributed by atoms with Gasteiger partial charge in [0.25, 0.3) is 11.6 Å². The van der Waals surface area contributed by atoms with Crippen molar-refractivity contribution in [2.24, 2.45) is 0 Å². The van der Waals surface area contributed by atoms with E-state index in [2.05, 4.69) is 11.4 Å². The number of rotatable bonds is 7. The summed E-state index contributed by atoms with van der Waals surface area (Å²) in [6.07, 6.45) is 2.00. The van der Waals surface area contributed by atoms with Gasteiger partial charge >= 0.3 is 0 Å². The molecule has 0 aromatic heterocycles. The van der Waals surface area contributed by atoms with Crippen molar-refractivity contribution >= 4 is 17.3 Å². The fourth-order valence-electron chi connectivity index (χ4n) is 3.90. The first-order chi connectivity index (χ1) is 15.5. The van der Waals surface area contributed by atoms with E-state index in [1.54, 1.807) is 24.1 Å².